The van der Waals surface area contributed by atoms with E-state index in [0.717, 1.165) is 16.9 Å². The molecule has 0 aliphatic carbocycles. The first kappa shape index (κ1) is 12.2. The lowest BCUT2D eigenvalue weighted by Crippen LogP contribution is -2.31. The summed E-state index contributed by atoms with van der Waals surface area (Å²) in [5, 5.41) is 2.78. The highest BCUT2D eigenvalue weighted by atomic mass is 16.2. The molecule has 18 heavy (non-hydrogen) atoms. The van der Waals surface area contributed by atoms with E-state index in [1.165, 1.54) is 0 Å². The van der Waals surface area contributed by atoms with Gasteiger partial charge in [-0.05, 0) is 24.1 Å². The van der Waals surface area contributed by atoms with Gasteiger partial charge in [-0.3, -0.25) is 9.59 Å². The van der Waals surface area contributed by atoms with E-state index in [2.05, 4.69) is 5.32 Å². The molecule has 6 heteroatoms. The Hall–Kier alpha value is -2.24. The summed E-state index contributed by atoms with van der Waals surface area (Å²) in [6.07, 6.45) is 1.15. The number of likely N-dealkylation sites (N-methyl/N-ethyl adjacent to an activating group) is 1. The van der Waals surface area contributed by atoms with Crippen molar-refractivity contribution in [2.24, 2.45) is 5.73 Å². The third-order valence-electron chi connectivity index (χ3n) is 2.95. The quantitative estimate of drug-likeness (QED) is 0.659. The highest BCUT2D eigenvalue weighted by Gasteiger charge is 2.18. The zero-order valence-corrected chi connectivity index (χ0v) is 10.2. The lowest BCUT2D eigenvalue weighted by Gasteiger charge is -2.24. The van der Waals surface area contributed by atoms with Crippen molar-refractivity contribution >= 4 is 28.9 Å². The van der Waals surface area contributed by atoms with Crippen LogP contribution in [-0.4, -0.2) is 25.4 Å². The number of fused-ring (bicyclic) bond motifs is 1. The van der Waals surface area contributed by atoms with Crippen LogP contribution >= 0.6 is 0 Å². The number of rotatable bonds is 3. The number of hydrogen-bond donors (Lipinski definition) is 3. The average molecular weight is 248 g/mol. The molecule has 0 fully saturated rings. The number of aryl methyl sites for hydroxylation is 1. The molecule has 0 saturated heterocycles. The van der Waals surface area contributed by atoms with E-state index in [9.17, 15) is 9.59 Å². The first-order valence-electron chi connectivity index (χ1n) is 5.69. The van der Waals surface area contributed by atoms with E-state index in [1.807, 2.05) is 6.07 Å². The molecule has 1 aromatic carbocycles. The van der Waals surface area contributed by atoms with Crippen LogP contribution in [0.2, 0.25) is 0 Å². The van der Waals surface area contributed by atoms with Crippen molar-refractivity contribution in [3.63, 3.8) is 0 Å². The summed E-state index contributed by atoms with van der Waals surface area (Å²) in [6, 6.07) is 3.62. The highest BCUT2D eigenvalue weighted by Crippen LogP contribution is 2.32. The van der Waals surface area contributed by atoms with Crippen LogP contribution in [0.3, 0.4) is 0 Å². The van der Waals surface area contributed by atoms with Gasteiger partial charge < -0.3 is 21.7 Å². The fraction of sp³-hybridized carbons (Fsp3) is 0.333. The van der Waals surface area contributed by atoms with Crippen LogP contribution in [0.5, 0.6) is 0 Å². The Bertz CT molecular complexity index is 513. The van der Waals surface area contributed by atoms with Gasteiger partial charge >= 0.3 is 0 Å². The predicted molar refractivity (Wildman–Crippen MR) is 70.3 cm³/mol. The number of anilines is 3. The minimum absolute atomic E-state index is 0.000130. The highest BCUT2D eigenvalue weighted by molar-refractivity contribution is 5.95. The van der Waals surface area contributed by atoms with Crippen molar-refractivity contribution in [3.8, 4) is 0 Å². The molecule has 0 atom stereocenters. The Morgan fingerprint density at radius 2 is 2.17 bits per heavy atom. The largest absolute Gasteiger partial charge is 0.397 e. The molecule has 5 N–H and O–H groups in total. The number of nitrogen functional groups attached to an aromatic ring is 1. The van der Waals surface area contributed by atoms with Gasteiger partial charge in [-0.25, -0.2) is 0 Å². The van der Waals surface area contributed by atoms with Crippen molar-refractivity contribution in [3.05, 3.63) is 17.7 Å². The molecule has 0 bridgehead atoms. The van der Waals surface area contributed by atoms with Gasteiger partial charge in [-0.1, -0.05) is 0 Å². The van der Waals surface area contributed by atoms with Crippen LogP contribution in [0.25, 0.3) is 0 Å². The molecule has 0 radical (unpaired) electrons. The number of carbonyl (C=O) groups excluding carboxylic acids is 2. The number of hydrogen-bond acceptors (Lipinski definition) is 4. The number of amides is 2. The summed E-state index contributed by atoms with van der Waals surface area (Å²) in [6.45, 7) is 0.106. The van der Waals surface area contributed by atoms with E-state index in [1.54, 1.807) is 18.0 Å². The lowest BCUT2D eigenvalue weighted by atomic mass is 10.0. The van der Waals surface area contributed by atoms with Gasteiger partial charge in [-0.2, -0.15) is 0 Å². The molecule has 2 rings (SSSR count). The summed E-state index contributed by atoms with van der Waals surface area (Å²) in [7, 11) is 1.75. The number of benzene rings is 1. The van der Waals surface area contributed by atoms with Crippen molar-refractivity contribution in [2.45, 2.75) is 12.8 Å². The Balaban J connectivity index is 2.33. The Kier molecular flexibility index (Phi) is 3.10. The molecule has 0 saturated carbocycles. The molecule has 1 heterocycles. The van der Waals surface area contributed by atoms with Gasteiger partial charge in [0.05, 0.1) is 17.9 Å². The minimum atomic E-state index is -0.414. The number of carbonyl (C=O) groups is 2. The molecule has 96 valence electrons. The van der Waals surface area contributed by atoms with Gasteiger partial charge in [0.25, 0.3) is 0 Å². The molecule has 1 aromatic rings. The third-order valence-corrected chi connectivity index (χ3v) is 2.95. The molecule has 0 spiro atoms. The maximum absolute atomic E-state index is 11.3. The minimum Gasteiger partial charge on any atom is -0.397 e. The average Bonchev–Trinajstić information content (AvgIpc) is 2.26. The molecular weight excluding hydrogens is 232 g/mol. The van der Waals surface area contributed by atoms with Crippen LogP contribution < -0.4 is 21.7 Å². The van der Waals surface area contributed by atoms with E-state index < -0.39 is 5.91 Å². The molecule has 1 aliphatic heterocycles. The predicted octanol–water partition coefficient (Wildman–Crippen LogP) is 0.0750. The first-order chi connectivity index (χ1) is 8.47. The van der Waals surface area contributed by atoms with E-state index in [-0.39, 0.29) is 12.5 Å². The maximum atomic E-state index is 11.3. The van der Waals surface area contributed by atoms with Crippen molar-refractivity contribution in [1.82, 2.24) is 0 Å². The van der Waals surface area contributed by atoms with Crippen molar-refractivity contribution in [1.29, 1.82) is 0 Å². The second-order valence-corrected chi connectivity index (χ2v) is 4.44. The fourth-order valence-electron chi connectivity index (χ4n) is 2.08. The number of nitrogens with zero attached hydrogens (tertiary/aromatic N) is 1. The summed E-state index contributed by atoms with van der Waals surface area (Å²) in [5.74, 6) is -0.414. The summed E-state index contributed by atoms with van der Waals surface area (Å²) < 4.78 is 0. The number of primary amides is 1. The van der Waals surface area contributed by atoms with E-state index in [0.29, 0.717) is 18.5 Å². The van der Waals surface area contributed by atoms with Crippen molar-refractivity contribution in [2.75, 3.05) is 29.5 Å². The normalized spacial score (nSPS) is 13.7. The zero-order valence-electron chi connectivity index (χ0n) is 10.2. The Morgan fingerprint density at radius 3 is 2.83 bits per heavy atom. The second kappa shape index (κ2) is 4.56. The van der Waals surface area contributed by atoms with E-state index in [4.69, 9.17) is 11.5 Å². The fourth-order valence-corrected chi connectivity index (χ4v) is 2.08. The summed E-state index contributed by atoms with van der Waals surface area (Å²) >= 11 is 0. The first-order valence-corrected chi connectivity index (χ1v) is 5.69. The molecule has 0 unspecified atom stereocenters. The van der Waals surface area contributed by atoms with Crippen LogP contribution in [0, 0.1) is 0 Å². The van der Waals surface area contributed by atoms with E-state index >= 15 is 0 Å². The second-order valence-electron chi connectivity index (χ2n) is 4.44. The van der Waals surface area contributed by atoms with Gasteiger partial charge in [0.1, 0.15) is 0 Å². The van der Waals surface area contributed by atoms with Crippen LogP contribution in [0.4, 0.5) is 17.1 Å². The Morgan fingerprint density at radius 1 is 1.44 bits per heavy atom. The van der Waals surface area contributed by atoms with Gasteiger partial charge in [0.15, 0.2) is 0 Å². The SMILES string of the molecule is CN(CC(N)=O)c1cc2c(cc1N)NC(=O)CC2. The maximum Gasteiger partial charge on any atom is 0.236 e. The lowest BCUT2D eigenvalue weighted by molar-refractivity contribution is -0.117. The zero-order chi connectivity index (χ0) is 13.3. The van der Waals surface area contributed by atoms with Gasteiger partial charge in [-0.15, -0.1) is 0 Å². The topological polar surface area (TPSA) is 101 Å². The monoisotopic (exact) mass is 248 g/mol. The molecule has 0 aromatic heterocycles. The molecule has 6 nitrogen and oxygen atoms in total. The standard InChI is InChI=1S/C12H16N4O2/c1-16(6-11(14)17)10-4-7-2-3-12(18)15-9(7)5-8(10)13/h4-5H,2-3,6,13H2,1H3,(H2,14,17)(H,15,18). The molecular formula is C12H16N4O2. The number of nitrogens with one attached hydrogen (secondary N) is 1. The molecule has 1 aliphatic rings. The summed E-state index contributed by atoms with van der Waals surface area (Å²) in [4.78, 5) is 23.9. The van der Waals surface area contributed by atoms with Gasteiger partial charge in [0, 0.05) is 19.2 Å². The molecule has 2 amide bonds. The van der Waals surface area contributed by atoms with Crippen molar-refractivity contribution < 1.29 is 9.59 Å². The Labute approximate surface area is 105 Å². The van der Waals surface area contributed by atoms with Crippen LogP contribution in [0.1, 0.15) is 12.0 Å². The third kappa shape index (κ3) is 2.37. The smallest absolute Gasteiger partial charge is 0.236 e. The van der Waals surface area contributed by atoms with Crippen LogP contribution in [0.15, 0.2) is 12.1 Å². The number of nitrogens with two attached hydrogens (primary N) is 2. The summed E-state index contributed by atoms with van der Waals surface area (Å²) in [5.41, 5.74) is 14.1. The van der Waals surface area contributed by atoms with Crippen LogP contribution in [-0.2, 0) is 16.0 Å². The van der Waals surface area contributed by atoms with Gasteiger partial charge in [0.2, 0.25) is 11.8 Å².